The molecule has 0 aliphatic heterocycles. The first kappa shape index (κ1) is 20.9. The van der Waals surface area contributed by atoms with Gasteiger partial charge in [0, 0.05) is 25.4 Å². The molecule has 1 aromatic rings. The summed E-state index contributed by atoms with van der Waals surface area (Å²) in [7, 11) is 0. The number of ether oxygens (including phenoxy) is 1. The fourth-order valence-electron chi connectivity index (χ4n) is 3.69. The first-order chi connectivity index (χ1) is 12.6. The third-order valence-electron chi connectivity index (χ3n) is 5.45. The van der Waals surface area contributed by atoms with Crippen LogP contribution in [-0.2, 0) is 19.1 Å². The predicted octanol–water partition coefficient (Wildman–Crippen LogP) is 2.03. The molecule has 3 unspecified atom stereocenters. The molecule has 3 N–H and O–H groups in total. The lowest BCUT2D eigenvalue weighted by molar-refractivity contribution is -0.194. The molecular formula is C20H28N2O5. The quantitative estimate of drug-likeness (QED) is 0.644. The van der Waals surface area contributed by atoms with Crippen molar-refractivity contribution >= 4 is 17.8 Å². The molecule has 0 saturated heterocycles. The number of carboxylic acids is 1. The van der Waals surface area contributed by atoms with Crippen molar-refractivity contribution in [3.63, 3.8) is 0 Å². The second kappa shape index (κ2) is 8.08. The van der Waals surface area contributed by atoms with Gasteiger partial charge in [-0.1, -0.05) is 44.2 Å². The van der Waals surface area contributed by atoms with Crippen LogP contribution in [0.3, 0.4) is 0 Å². The minimum atomic E-state index is -1.39. The molecule has 2 rings (SSSR count). The Balaban J connectivity index is 2.16. The van der Waals surface area contributed by atoms with Crippen LogP contribution in [0.15, 0.2) is 30.3 Å². The summed E-state index contributed by atoms with van der Waals surface area (Å²) in [6, 6.07) is 8.60. The number of hydrogen-bond acceptors (Lipinski definition) is 4. The number of carbonyl (C=O) groups is 3. The third-order valence-corrected chi connectivity index (χ3v) is 5.45. The molecule has 0 radical (unpaired) electrons. The van der Waals surface area contributed by atoms with Gasteiger partial charge < -0.3 is 20.5 Å². The summed E-state index contributed by atoms with van der Waals surface area (Å²) in [6.45, 7) is 7.29. The van der Waals surface area contributed by atoms with Crippen LogP contribution in [0, 0.1) is 5.41 Å². The van der Waals surface area contributed by atoms with E-state index in [2.05, 4.69) is 10.6 Å². The van der Waals surface area contributed by atoms with Crippen molar-refractivity contribution in [2.45, 2.75) is 58.2 Å². The first-order valence-corrected chi connectivity index (χ1v) is 9.12. The number of benzene rings is 1. The summed E-state index contributed by atoms with van der Waals surface area (Å²) in [6.07, 6.45) is -0.0712. The maximum absolute atomic E-state index is 12.7. The highest BCUT2D eigenvalue weighted by Gasteiger charge is 2.66. The highest BCUT2D eigenvalue weighted by atomic mass is 16.5. The fraction of sp³-hybridized carbons (Fsp3) is 0.550. The minimum Gasteiger partial charge on any atom is -0.479 e. The second-order valence-electron chi connectivity index (χ2n) is 7.50. The molecule has 27 heavy (non-hydrogen) atoms. The van der Waals surface area contributed by atoms with Gasteiger partial charge in [-0.2, -0.15) is 0 Å². The zero-order chi connectivity index (χ0) is 20.2. The van der Waals surface area contributed by atoms with E-state index >= 15 is 0 Å². The number of nitrogens with one attached hydrogen (secondary N) is 2. The van der Waals surface area contributed by atoms with E-state index in [1.807, 2.05) is 37.3 Å². The second-order valence-corrected chi connectivity index (χ2v) is 7.50. The Morgan fingerprint density at radius 3 is 2.37 bits per heavy atom. The molecule has 1 aliphatic rings. The SMILES string of the molecule is CCOC1CC(NC(=O)CC(NC(C)=O)c2ccccc2)(C(=O)O)C1(C)C. The highest BCUT2D eigenvalue weighted by Crippen LogP contribution is 2.51. The number of aliphatic carboxylic acids is 1. The van der Waals surface area contributed by atoms with E-state index in [1.54, 1.807) is 13.8 Å². The van der Waals surface area contributed by atoms with Crippen LogP contribution in [0.4, 0.5) is 0 Å². The lowest BCUT2D eigenvalue weighted by Gasteiger charge is -2.58. The molecule has 7 heteroatoms. The number of hydrogen-bond donors (Lipinski definition) is 3. The Labute approximate surface area is 159 Å². The van der Waals surface area contributed by atoms with Crippen molar-refractivity contribution in [1.82, 2.24) is 10.6 Å². The Morgan fingerprint density at radius 1 is 1.26 bits per heavy atom. The van der Waals surface area contributed by atoms with Crippen LogP contribution < -0.4 is 10.6 Å². The highest BCUT2D eigenvalue weighted by molar-refractivity contribution is 5.90. The topological polar surface area (TPSA) is 105 Å². The van der Waals surface area contributed by atoms with Gasteiger partial charge >= 0.3 is 5.97 Å². The van der Waals surface area contributed by atoms with Gasteiger partial charge in [-0.25, -0.2) is 4.79 Å². The average Bonchev–Trinajstić information content (AvgIpc) is 2.60. The first-order valence-electron chi connectivity index (χ1n) is 9.12. The average molecular weight is 376 g/mol. The molecule has 1 fully saturated rings. The maximum Gasteiger partial charge on any atom is 0.330 e. The van der Waals surface area contributed by atoms with Gasteiger partial charge in [0.1, 0.15) is 5.54 Å². The Morgan fingerprint density at radius 2 is 1.89 bits per heavy atom. The van der Waals surface area contributed by atoms with Gasteiger partial charge in [-0.15, -0.1) is 0 Å². The maximum atomic E-state index is 12.7. The Hall–Kier alpha value is -2.41. The van der Waals surface area contributed by atoms with Crippen LogP contribution >= 0.6 is 0 Å². The molecule has 0 spiro atoms. The van der Waals surface area contributed by atoms with Gasteiger partial charge in [-0.3, -0.25) is 9.59 Å². The van der Waals surface area contributed by atoms with Crippen molar-refractivity contribution in [2.75, 3.05) is 6.61 Å². The van der Waals surface area contributed by atoms with E-state index in [1.165, 1.54) is 6.92 Å². The fourth-order valence-corrected chi connectivity index (χ4v) is 3.69. The molecule has 1 saturated carbocycles. The van der Waals surface area contributed by atoms with Gasteiger partial charge in [-0.05, 0) is 12.5 Å². The molecule has 0 aromatic heterocycles. The predicted molar refractivity (Wildman–Crippen MR) is 99.9 cm³/mol. The van der Waals surface area contributed by atoms with Crippen LogP contribution in [0.5, 0.6) is 0 Å². The minimum absolute atomic E-state index is 0.0476. The van der Waals surface area contributed by atoms with Gasteiger partial charge in [0.05, 0.1) is 18.6 Å². The molecule has 3 atom stereocenters. The summed E-state index contributed by atoms with van der Waals surface area (Å²) in [4.78, 5) is 36.2. The van der Waals surface area contributed by atoms with E-state index in [9.17, 15) is 19.5 Å². The molecule has 2 amide bonds. The van der Waals surface area contributed by atoms with Crippen molar-refractivity contribution in [1.29, 1.82) is 0 Å². The monoisotopic (exact) mass is 376 g/mol. The van der Waals surface area contributed by atoms with Crippen molar-refractivity contribution < 1.29 is 24.2 Å². The smallest absolute Gasteiger partial charge is 0.330 e. The summed E-state index contributed by atoms with van der Waals surface area (Å²) in [5, 5.41) is 15.3. The molecule has 7 nitrogen and oxygen atoms in total. The number of carboxylic acid groups (broad SMARTS) is 1. The molecule has 0 heterocycles. The van der Waals surface area contributed by atoms with E-state index in [-0.39, 0.29) is 24.9 Å². The number of rotatable bonds is 8. The summed E-state index contributed by atoms with van der Waals surface area (Å²) in [5.74, 6) is -1.76. The number of carbonyl (C=O) groups excluding carboxylic acids is 2. The summed E-state index contributed by atoms with van der Waals surface area (Å²) < 4.78 is 5.61. The van der Waals surface area contributed by atoms with Crippen molar-refractivity contribution in [3.05, 3.63) is 35.9 Å². The van der Waals surface area contributed by atoms with Gasteiger partial charge in [0.15, 0.2) is 0 Å². The van der Waals surface area contributed by atoms with E-state index in [4.69, 9.17) is 4.74 Å². The molecule has 1 aromatic carbocycles. The van der Waals surface area contributed by atoms with Crippen LogP contribution in [-0.4, -0.2) is 41.1 Å². The lowest BCUT2D eigenvalue weighted by Crippen LogP contribution is -2.76. The summed E-state index contributed by atoms with van der Waals surface area (Å²) in [5.41, 5.74) is -1.35. The summed E-state index contributed by atoms with van der Waals surface area (Å²) >= 11 is 0. The lowest BCUT2D eigenvalue weighted by atomic mass is 9.54. The third kappa shape index (κ3) is 4.13. The Kier molecular flexibility index (Phi) is 6.26. The largest absolute Gasteiger partial charge is 0.479 e. The van der Waals surface area contributed by atoms with Crippen molar-refractivity contribution in [3.8, 4) is 0 Å². The van der Waals surface area contributed by atoms with Crippen molar-refractivity contribution in [2.24, 2.45) is 5.41 Å². The molecular weight excluding hydrogens is 348 g/mol. The number of amides is 2. The van der Waals surface area contributed by atoms with Gasteiger partial charge in [0.2, 0.25) is 11.8 Å². The van der Waals surface area contributed by atoms with Crippen LogP contribution in [0.2, 0.25) is 0 Å². The molecule has 0 bridgehead atoms. The Bertz CT molecular complexity index is 704. The molecule has 1 aliphatic carbocycles. The zero-order valence-corrected chi connectivity index (χ0v) is 16.2. The van der Waals surface area contributed by atoms with Crippen LogP contribution in [0.25, 0.3) is 0 Å². The van der Waals surface area contributed by atoms with E-state index < -0.39 is 28.9 Å². The van der Waals surface area contributed by atoms with Crippen LogP contribution in [0.1, 0.15) is 52.1 Å². The van der Waals surface area contributed by atoms with Gasteiger partial charge in [0.25, 0.3) is 0 Å². The molecule has 148 valence electrons. The van der Waals surface area contributed by atoms with E-state index in [0.717, 1.165) is 5.56 Å². The standard InChI is InChI=1S/C20H28N2O5/c1-5-27-16-12-20(18(25)26,19(16,3)4)22-17(24)11-15(21-13(2)23)14-9-7-6-8-10-14/h6-10,15-16H,5,11-12H2,1-4H3,(H,21,23)(H,22,24)(H,25,26). The zero-order valence-electron chi connectivity index (χ0n) is 16.2. The normalized spacial score (nSPS) is 24.4. The van der Waals surface area contributed by atoms with E-state index in [0.29, 0.717) is 6.61 Å².